The predicted molar refractivity (Wildman–Crippen MR) is 162 cm³/mol. The number of hydrogen-bond donors (Lipinski definition) is 0. The minimum atomic E-state index is 0.561. The molecule has 0 radical (unpaired) electrons. The summed E-state index contributed by atoms with van der Waals surface area (Å²) >= 11 is 1.79. The van der Waals surface area contributed by atoms with Gasteiger partial charge in [-0.15, -0.1) is 11.3 Å². The molecule has 0 unspecified atom stereocenters. The number of pyridine rings is 1. The monoisotopic (exact) mass is 516 g/mol. The largest absolute Gasteiger partial charge is 0.252 e. The highest BCUT2D eigenvalue weighted by Crippen LogP contribution is 2.39. The van der Waals surface area contributed by atoms with E-state index in [0.717, 1.165) is 33.0 Å². The molecule has 0 atom stereocenters. The van der Waals surface area contributed by atoms with Crippen molar-refractivity contribution in [1.82, 2.24) is 19.9 Å². The fraction of sp³-hybridized carbons (Fsp3) is 0. The van der Waals surface area contributed by atoms with Crippen LogP contribution in [0.5, 0.6) is 0 Å². The minimum absolute atomic E-state index is 0.561. The molecule has 0 N–H and O–H groups in total. The molecule has 0 aliphatic carbocycles. The quantitative estimate of drug-likeness (QED) is 0.235. The highest BCUT2D eigenvalue weighted by Gasteiger charge is 2.17. The van der Waals surface area contributed by atoms with Crippen molar-refractivity contribution in [3.8, 4) is 34.3 Å². The van der Waals surface area contributed by atoms with E-state index in [1.807, 2.05) is 18.3 Å². The van der Waals surface area contributed by atoms with Crippen LogP contribution in [0.1, 0.15) is 0 Å². The number of benzene rings is 5. The third-order valence-corrected chi connectivity index (χ3v) is 8.28. The lowest BCUT2D eigenvalue weighted by molar-refractivity contribution is 1.06. The molecule has 0 bridgehead atoms. The standard InChI is InChI=1S/C34H20N4S/c1-2-9-22-18-24(17-16-21(22)8-1)32-36-33(27-13-7-15-30-31(27)26-12-5-6-14-29(26)39-30)38-34(37-32)28-19-23-10-3-4-11-25(23)20-35-28/h1-20H. The molecule has 4 nitrogen and oxygen atoms in total. The number of nitrogens with zero attached hydrogens (tertiary/aromatic N) is 4. The fourth-order valence-electron chi connectivity index (χ4n) is 5.24. The first kappa shape index (κ1) is 22.0. The fourth-order valence-corrected chi connectivity index (χ4v) is 6.37. The maximum Gasteiger partial charge on any atom is 0.182 e. The second-order valence-corrected chi connectivity index (χ2v) is 10.6. The lowest BCUT2D eigenvalue weighted by atomic mass is 10.0. The van der Waals surface area contributed by atoms with Crippen LogP contribution in [0.4, 0.5) is 0 Å². The smallest absolute Gasteiger partial charge is 0.182 e. The zero-order chi connectivity index (χ0) is 25.8. The van der Waals surface area contributed by atoms with Crippen LogP contribution in [0.25, 0.3) is 76.0 Å². The normalized spacial score (nSPS) is 11.6. The molecular weight excluding hydrogens is 496 g/mol. The van der Waals surface area contributed by atoms with Crippen molar-refractivity contribution in [2.45, 2.75) is 0 Å². The summed E-state index contributed by atoms with van der Waals surface area (Å²) in [5, 5.41) is 6.90. The molecule has 0 aliphatic rings. The summed E-state index contributed by atoms with van der Waals surface area (Å²) in [6.07, 6.45) is 1.89. The predicted octanol–water partition coefficient (Wildman–Crippen LogP) is 8.94. The molecule has 3 aromatic heterocycles. The van der Waals surface area contributed by atoms with Crippen molar-refractivity contribution < 1.29 is 0 Å². The van der Waals surface area contributed by atoms with E-state index in [9.17, 15) is 0 Å². The van der Waals surface area contributed by atoms with Gasteiger partial charge < -0.3 is 0 Å². The Bertz CT molecular complexity index is 2100. The lowest BCUT2D eigenvalue weighted by Crippen LogP contribution is -2.01. The van der Waals surface area contributed by atoms with Crippen LogP contribution in [-0.2, 0) is 0 Å². The summed E-state index contributed by atoms with van der Waals surface area (Å²) < 4.78 is 2.46. The first-order valence-electron chi connectivity index (χ1n) is 12.8. The molecule has 0 fully saturated rings. The van der Waals surface area contributed by atoms with Crippen LogP contribution in [0, 0.1) is 0 Å². The molecule has 3 heterocycles. The van der Waals surface area contributed by atoms with Crippen molar-refractivity contribution >= 4 is 53.1 Å². The SMILES string of the molecule is c1ccc2cc(-c3nc(-c4cc5ccccc5cn4)nc(-c4cccc5sc6ccccc6c45)n3)ccc2c1. The highest BCUT2D eigenvalue weighted by molar-refractivity contribution is 7.25. The Balaban J connectivity index is 1.40. The average Bonchev–Trinajstić information content (AvgIpc) is 3.39. The van der Waals surface area contributed by atoms with Crippen LogP contribution in [0.3, 0.4) is 0 Å². The minimum Gasteiger partial charge on any atom is -0.252 e. The molecule has 8 aromatic rings. The molecule has 8 rings (SSSR count). The highest BCUT2D eigenvalue weighted by atomic mass is 32.1. The zero-order valence-corrected chi connectivity index (χ0v) is 21.6. The molecule has 39 heavy (non-hydrogen) atoms. The van der Waals surface area contributed by atoms with Gasteiger partial charge in [0, 0.05) is 42.9 Å². The summed E-state index contributed by atoms with van der Waals surface area (Å²) in [4.78, 5) is 19.8. The van der Waals surface area contributed by atoms with Crippen molar-refractivity contribution in [3.63, 3.8) is 0 Å². The van der Waals surface area contributed by atoms with E-state index in [-0.39, 0.29) is 0 Å². The van der Waals surface area contributed by atoms with E-state index in [4.69, 9.17) is 19.9 Å². The first-order chi connectivity index (χ1) is 19.3. The second kappa shape index (κ2) is 8.79. The van der Waals surface area contributed by atoms with Crippen molar-refractivity contribution in [1.29, 1.82) is 0 Å². The molecule has 0 spiro atoms. The number of aromatic nitrogens is 4. The number of hydrogen-bond acceptors (Lipinski definition) is 5. The summed E-state index contributed by atoms with van der Waals surface area (Å²) in [5.41, 5.74) is 2.67. The van der Waals surface area contributed by atoms with Gasteiger partial charge in [-0.3, -0.25) is 4.98 Å². The first-order valence-corrected chi connectivity index (χ1v) is 13.6. The summed E-state index contributed by atoms with van der Waals surface area (Å²) in [6, 6.07) is 39.8. The number of rotatable bonds is 3. The molecule has 0 saturated carbocycles. The molecule has 0 amide bonds. The second-order valence-electron chi connectivity index (χ2n) is 9.56. The van der Waals surface area contributed by atoms with Gasteiger partial charge in [-0.2, -0.15) is 0 Å². The van der Waals surface area contributed by atoms with Crippen LogP contribution in [0.15, 0.2) is 121 Å². The molecular formula is C34H20N4S. The van der Waals surface area contributed by atoms with E-state index >= 15 is 0 Å². The Labute approximate surface area is 228 Å². The van der Waals surface area contributed by atoms with Gasteiger partial charge in [-0.25, -0.2) is 15.0 Å². The summed E-state index contributed by atoms with van der Waals surface area (Å²) in [7, 11) is 0. The van der Waals surface area contributed by atoms with Gasteiger partial charge in [0.15, 0.2) is 17.5 Å². The number of fused-ring (bicyclic) bond motifs is 5. The van der Waals surface area contributed by atoms with Crippen LogP contribution < -0.4 is 0 Å². The Kier molecular flexibility index (Phi) is 4.96. The third-order valence-electron chi connectivity index (χ3n) is 7.15. The summed E-state index contributed by atoms with van der Waals surface area (Å²) in [5.74, 6) is 1.84. The van der Waals surface area contributed by atoms with Gasteiger partial charge >= 0.3 is 0 Å². The van der Waals surface area contributed by atoms with Gasteiger partial charge in [0.2, 0.25) is 0 Å². The molecule has 182 valence electrons. The van der Waals surface area contributed by atoms with E-state index in [1.54, 1.807) is 11.3 Å². The van der Waals surface area contributed by atoms with Crippen molar-refractivity contribution in [2.75, 3.05) is 0 Å². The molecule has 5 heteroatoms. The van der Waals surface area contributed by atoms with Gasteiger partial charge in [0.25, 0.3) is 0 Å². The Morgan fingerprint density at radius 2 is 1.18 bits per heavy atom. The van der Waals surface area contributed by atoms with Gasteiger partial charge in [0.05, 0.1) is 0 Å². The van der Waals surface area contributed by atoms with Crippen molar-refractivity contribution in [3.05, 3.63) is 121 Å². The van der Waals surface area contributed by atoms with Crippen LogP contribution >= 0.6 is 11.3 Å². The van der Waals surface area contributed by atoms with E-state index in [0.29, 0.717) is 17.5 Å². The molecule has 0 saturated heterocycles. The Morgan fingerprint density at radius 3 is 2.08 bits per heavy atom. The number of thiophene rings is 1. The maximum absolute atomic E-state index is 5.06. The van der Waals surface area contributed by atoms with Crippen LogP contribution in [0.2, 0.25) is 0 Å². The topological polar surface area (TPSA) is 51.6 Å². The van der Waals surface area contributed by atoms with Gasteiger partial charge in [-0.1, -0.05) is 91.0 Å². The Hall–Kier alpha value is -5.00. The lowest BCUT2D eigenvalue weighted by Gasteiger charge is -2.10. The van der Waals surface area contributed by atoms with Crippen LogP contribution in [-0.4, -0.2) is 19.9 Å². The average molecular weight is 517 g/mol. The molecule has 5 aromatic carbocycles. The zero-order valence-electron chi connectivity index (χ0n) is 20.7. The van der Waals surface area contributed by atoms with Gasteiger partial charge in [0.1, 0.15) is 5.69 Å². The third kappa shape index (κ3) is 3.75. The Morgan fingerprint density at radius 1 is 0.487 bits per heavy atom. The maximum atomic E-state index is 5.06. The molecule has 0 aliphatic heterocycles. The van der Waals surface area contributed by atoms with E-state index < -0.39 is 0 Å². The summed E-state index contributed by atoms with van der Waals surface area (Å²) in [6.45, 7) is 0. The van der Waals surface area contributed by atoms with E-state index in [2.05, 4.69) is 103 Å². The van der Waals surface area contributed by atoms with Crippen molar-refractivity contribution in [2.24, 2.45) is 0 Å². The van der Waals surface area contributed by atoms with E-state index in [1.165, 1.54) is 25.6 Å². The van der Waals surface area contributed by atoms with Gasteiger partial charge in [-0.05, 0) is 40.4 Å².